The Kier molecular flexibility index (Phi) is 3.01. The maximum atomic E-state index is 5.81. The van der Waals surface area contributed by atoms with Crippen molar-refractivity contribution >= 4 is 0 Å². The SMILES string of the molecule is COCCCOC1CC2C=CC1C2. The monoisotopic (exact) mass is 182 g/mol. The van der Waals surface area contributed by atoms with Gasteiger partial charge in [-0.25, -0.2) is 0 Å². The van der Waals surface area contributed by atoms with Gasteiger partial charge in [-0.15, -0.1) is 0 Å². The summed E-state index contributed by atoms with van der Waals surface area (Å²) >= 11 is 0. The Bertz CT molecular complexity index is 189. The number of ether oxygens (including phenoxy) is 2. The van der Waals surface area contributed by atoms with Gasteiger partial charge in [-0.2, -0.15) is 0 Å². The van der Waals surface area contributed by atoms with E-state index in [2.05, 4.69) is 12.2 Å². The summed E-state index contributed by atoms with van der Waals surface area (Å²) in [7, 11) is 1.74. The highest BCUT2D eigenvalue weighted by molar-refractivity contribution is 5.10. The molecule has 74 valence electrons. The summed E-state index contributed by atoms with van der Waals surface area (Å²) in [5.41, 5.74) is 0. The van der Waals surface area contributed by atoms with Crippen molar-refractivity contribution in [1.29, 1.82) is 0 Å². The lowest BCUT2D eigenvalue weighted by Crippen LogP contribution is -2.19. The average molecular weight is 182 g/mol. The molecule has 3 unspecified atom stereocenters. The van der Waals surface area contributed by atoms with Gasteiger partial charge < -0.3 is 9.47 Å². The molecule has 0 radical (unpaired) electrons. The van der Waals surface area contributed by atoms with Gasteiger partial charge in [0.2, 0.25) is 0 Å². The first kappa shape index (κ1) is 9.22. The number of methoxy groups -OCH3 is 1. The quantitative estimate of drug-likeness (QED) is 0.478. The van der Waals surface area contributed by atoms with Crippen molar-refractivity contribution in [1.82, 2.24) is 0 Å². The van der Waals surface area contributed by atoms with E-state index in [1.807, 2.05) is 0 Å². The molecule has 0 aromatic rings. The summed E-state index contributed by atoms with van der Waals surface area (Å²) in [6, 6.07) is 0. The summed E-state index contributed by atoms with van der Waals surface area (Å²) in [6.45, 7) is 1.67. The Morgan fingerprint density at radius 3 is 2.77 bits per heavy atom. The van der Waals surface area contributed by atoms with Gasteiger partial charge in [-0.1, -0.05) is 12.2 Å². The number of rotatable bonds is 5. The summed E-state index contributed by atoms with van der Waals surface area (Å²) in [5.74, 6) is 1.53. The molecule has 3 atom stereocenters. The van der Waals surface area contributed by atoms with Gasteiger partial charge in [0.25, 0.3) is 0 Å². The summed E-state index contributed by atoms with van der Waals surface area (Å²) < 4.78 is 10.8. The molecule has 1 fully saturated rings. The maximum absolute atomic E-state index is 5.81. The predicted octanol–water partition coefficient (Wildman–Crippen LogP) is 2.00. The molecule has 0 heterocycles. The minimum absolute atomic E-state index is 0.506. The average Bonchev–Trinajstić information content (AvgIpc) is 2.73. The van der Waals surface area contributed by atoms with Crippen LogP contribution in [0.2, 0.25) is 0 Å². The third kappa shape index (κ3) is 2.12. The number of hydrogen-bond donors (Lipinski definition) is 0. The van der Waals surface area contributed by atoms with Crippen molar-refractivity contribution < 1.29 is 9.47 Å². The van der Waals surface area contributed by atoms with Gasteiger partial charge in [0.1, 0.15) is 0 Å². The second-order valence-corrected chi connectivity index (χ2v) is 4.04. The van der Waals surface area contributed by atoms with Crippen LogP contribution in [0.5, 0.6) is 0 Å². The van der Waals surface area contributed by atoms with Gasteiger partial charge >= 0.3 is 0 Å². The molecule has 1 saturated carbocycles. The van der Waals surface area contributed by atoms with Crippen molar-refractivity contribution in [3.63, 3.8) is 0 Å². The smallest absolute Gasteiger partial charge is 0.0643 e. The molecule has 0 spiro atoms. The topological polar surface area (TPSA) is 18.5 Å². The minimum atomic E-state index is 0.506. The zero-order valence-corrected chi connectivity index (χ0v) is 8.24. The van der Waals surface area contributed by atoms with Crippen LogP contribution in [-0.2, 0) is 9.47 Å². The molecular weight excluding hydrogens is 164 g/mol. The molecule has 2 aliphatic carbocycles. The highest BCUT2D eigenvalue weighted by atomic mass is 16.5. The Morgan fingerprint density at radius 2 is 2.15 bits per heavy atom. The van der Waals surface area contributed by atoms with Gasteiger partial charge in [0.15, 0.2) is 0 Å². The van der Waals surface area contributed by atoms with Crippen LogP contribution in [0.4, 0.5) is 0 Å². The molecule has 0 amide bonds. The van der Waals surface area contributed by atoms with E-state index in [1.165, 1.54) is 12.8 Å². The van der Waals surface area contributed by atoms with Gasteiger partial charge in [0, 0.05) is 26.2 Å². The Balaban J connectivity index is 1.64. The normalized spacial score (nSPS) is 35.9. The molecule has 2 rings (SSSR count). The van der Waals surface area contributed by atoms with Crippen molar-refractivity contribution in [2.45, 2.75) is 25.4 Å². The van der Waals surface area contributed by atoms with Crippen LogP contribution in [0, 0.1) is 11.8 Å². The summed E-state index contributed by atoms with van der Waals surface area (Å²) in [5, 5.41) is 0. The molecule has 2 aliphatic rings. The molecule has 0 saturated heterocycles. The highest BCUT2D eigenvalue weighted by Crippen LogP contribution is 2.40. The lowest BCUT2D eigenvalue weighted by atomic mass is 10.0. The van der Waals surface area contributed by atoms with Crippen molar-refractivity contribution in [2.24, 2.45) is 11.8 Å². The Morgan fingerprint density at radius 1 is 1.23 bits per heavy atom. The van der Waals surface area contributed by atoms with E-state index in [0.717, 1.165) is 25.6 Å². The van der Waals surface area contributed by atoms with Gasteiger partial charge in [-0.3, -0.25) is 0 Å². The van der Waals surface area contributed by atoms with Crippen LogP contribution in [0.15, 0.2) is 12.2 Å². The molecule has 2 nitrogen and oxygen atoms in total. The van der Waals surface area contributed by atoms with Crippen molar-refractivity contribution in [2.75, 3.05) is 20.3 Å². The zero-order chi connectivity index (χ0) is 9.10. The maximum Gasteiger partial charge on any atom is 0.0643 e. The number of hydrogen-bond acceptors (Lipinski definition) is 2. The minimum Gasteiger partial charge on any atom is -0.385 e. The van der Waals surface area contributed by atoms with Gasteiger partial charge in [-0.05, 0) is 25.2 Å². The molecule has 13 heavy (non-hydrogen) atoms. The fourth-order valence-corrected chi connectivity index (χ4v) is 2.36. The van der Waals surface area contributed by atoms with E-state index in [1.54, 1.807) is 7.11 Å². The van der Waals surface area contributed by atoms with Crippen LogP contribution in [0.25, 0.3) is 0 Å². The standard InChI is InChI=1S/C11H18O2/c1-12-5-2-6-13-11-8-9-3-4-10(11)7-9/h3-4,9-11H,2,5-8H2,1H3. The lowest BCUT2D eigenvalue weighted by molar-refractivity contribution is 0.0252. The van der Waals surface area contributed by atoms with Gasteiger partial charge in [0.05, 0.1) is 6.10 Å². The first-order chi connectivity index (χ1) is 6.40. The van der Waals surface area contributed by atoms with Crippen LogP contribution in [-0.4, -0.2) is 26.4 Å². The van der Waals surface area contributed by atoms with E-state index in [0.29, 0.717) is 12.0 Å². The molecule has 2 bridgehead atoms. The molecule has 0 aromatic carbocycles. The Hall–Kier alpha value is -0.340. The fourth-order valence-electron chi connectivity index (χ4n) is 2.36. The third-order valence-electron chi connectivity index (χ3n) is 3.04. The second-order valence-electron chi connectivity index (χ2n) is 4.04. The fraction of sp³-hybridized carbons (Fsp3) is 0.818. The van der Waals surface area contributed by atoms with E-state index in [9.17, 15) is 0 Å². The first-order valence-corrected chi connectivity index (χ1v) is 5.19. The van der Waals surface area contributed by atoms with E-state index < -0.39 is 0 Å². The summed E-state index contributed by atoms with van der Waals surface area (Å²) in [6.07, 6.45) is 8.78. The lowest BCUT2D eigenvalue weighted by Gasteiger charge is -2.18. The van der Waals surface area contributed by atoms with Crippen LogP contribution in [0.3, 0.4) is 0 Å². The van der Waals surface area contributed by atoms with E-state index >= 15 is 0 Å². The molecular formula is C11H18O2. The van der Waals surface area contributed by atoms with E-state index in [-0.39, 0.29) is 0 Å². The zero-order valence-electron chi connectivity index (χ0n) is 8.24. The molecule has 0 aromatic heterocycles. The summed E-state index contributed by atoms with van der Waals surface area (Å²) in [4.78, 5) is 0. The molecule has 2 heteroatoms. The van der Waals surface area contributed by atoms with Crippen molar-refractivity contribution in [3.8, 4) is 0 Å². The molecule has 0 N–H and O–H groups in total. The third-order valence-corrected chi connectivity index (χ3v) is 3.04. The van der Waals surface area contributed by atoms with E-state index in [4.69, 9.17) is 9.47 Å². The highest BCUT2D eigenvalue weighted by Gasteiger charge is 2.35. The molecule has 0 aliphatic heterocycles. The first-order valence-electron chi connectivity index (χ1n) is 5.19. The second kappa shape index (κ2) is 4.25. The number of allylic oxidation sites excluding steroid dienone is 1. The van der Waals surface area contributed by atoms with Crippen LogP contribution in [0.1, 0.15) is 19.3 Å². The Labute approximate surface area is 79.9 Å². The van der Waals surface area contributed by atoms with Crippen molar-refractivity contribution in [3.05, 3.63) is 12.2 Å². The van der Waals surface area contributed by atoms with Crippen LogP contribution < -0.4 is 0 Å². The predicted molar refractivity (Wildman–Crippen MR) is 51.6 cm³/mol. The van der Waals surface area contributed by atoms with Crippen LogP contribution >= 0.6 is 0 Å². The number of fused-ring (bicyclic) bond motifs is 2. The largest absolute Gasteiger partial charge is 0.385 e.